The summed E-state index contributed by atoms with van der Waals surface area (Å²) in [5, 5.41) is 2.92. The zero-order valence-electron chi connectivity index (χ0n) is 14.2. The highest BCUT2D eigenvalue weighted by atomic mass is 35.5. The Morgan fingerprint density at radius 2 is 1.91 bits per heavy atom. The number of rotatable bonds is 8. The number of methoxy groups -OCH3 is 1. The molecule has 0 spiro atoms. The Bertz CT molecular complexity index is 455. The molecular weight excluding hydrogens is 337 g/mol. The fourth-order valence-corrected chi connectivity index (χ4v) is 2.33. The van der Waals surface area contributed by atoms with Gasteiger partial charge in [0.15, 0.2) is 0 Å². The summed E-state index contributed by atoms with van der Waals surface area (Å²) in [6.45, 7) is 8.27. The van der Waals surface area contributed by atoms with Gasteiger partial charge in [0.25, 0.3) is 0 Å². The number of nitrogens with one attached hydrogen (secondary N) is 1. The van der Waals surface area contributed by atoms with Crippen LogP contribution in [-0.4, -0.2) is 43.6 Å². The van der Waals surface area contributed by atoms with Gasteiger partial charge in [-0.25, -0.2) is 0 Å². The van der Waals surface area contributed by atoms with E-state index < -0.39 is 6.04 Å². The van der Waals surface area contributed by atoms with E-state index in [0.717, 1.165) is 24.4 Å². The minimum Gasteiger partial charge on any atom is -0.497 e. The van der Waals surface area contributed by atoms with E-state index in [1.54, 1.807) is 14.0 Å². The van der Waals surface area contributed by atoms with Crippen molar-refractivity contribution in [1.29, 1.82) is 0 Å². The number of nitrogens with two attached hydrogens (primary N) is 1. The summed E-state index contributed by atoms with van der Waals surface area (Å²) in [5.74, 6) is 0.693. The molecule has 5 nitrogen and oxygen atoms in total. The van der Waals surface area contributed by atoms with Crippen LogP contribution >= 0.6 is 24.8 Å². The molecule has 0 saturated carbocycles. The van der Waals surface area contributed by atoms with Crippen LogP contribution in [0, 0.1) is 0 Å². The van der Waals surface area contributed by atoms with Crippen LogP contribution in [0.4, 0.5) is 0 Å². The summed E-state index contributed by atoms with van der Waals surface area (Å²) in [6.07, 6.45) is 0. The molecule has 0 aliphatic rings. The second kappa shape index (κ2) is 12.4. The number of carbonyl (C=O) groups excluding carboxylic acids is 1. The third kappa shape index (κ3) is 7.40. The van der Waals surface area contributed by atoms with Crippen molar-refractivity contribution in [3.63, 3.8) is 0 Å². The van der Waals surface area contributed by atoms with Gasteiger partial charge < -0.3 is 15.8 Å². The Morgan fingerprint density at radius 1 is 1.30 bits per heavy atom. The molecule has 0 aromatic heterocycles. The number of carbonyl (C=O) groups is 1. The largest absolute Gasteiger partial charge is 0.497 e. The average molecular weight is 366 g/mol. The second-order valence-corrected chi connectivity index (χ2v) is 5.05. The van der Waals surface area contributed by atoms with Crippen LogP contribution < -0.4 is 15.8 Å². The van der Waals surface area contributed by atoms with Crippen LogP contribution in [0.25, 0.3) is 0 Å². The van der Waals surface area contributed by atoms with Crippen molar-refractivity contribution >= 4 is 30.7 Å². The van der Waals surface area contributed by atoms with Crippen molar-refractivity contribution in [3.05, 3.63) is 29.8 Å². The number of hydrogen-bond acceptors (Lipinski definition) is 4. The minimum absolute atomic E-state index is 0. The van der Waals surface area contributed by atoms with E-state index in [0.29, 0.717) is 6.54 Å². The molecular formula is C16H29Cl2N3O2. The van der Waals surface area contributed by atoms with Crippen LogP contribution in [0.2, 0.25) is 0 Å². The molecule has 0 radical (unpaired) electrons. The van der Waals surface area contributed by atoms with Gasteiger partial charge in [0.05, 0.1) is 19.2 Å². The topological polar surface area (TPSA) is 67.6 Å². The molecule has 1 rings (SSSR count). The third-order valence-electron chi connectivity index (χ3n) is 3.61. The summed E-state index contributed by atoms with van der Waals surface area (Å²) in [4.78, 5) is 14.0. The lowest BCUT2D eigenvalue weighted by atomic mass is 10.0. The SMILES string of the molecule is CCN(CC)C(CNC(=O)[C@@H](C)N)c1cccc(OC)c1.Cl.Cl. The van der Waals surface area contributed by atoms with Crippen LogP contribution in [0.3, 0.4) is 0 Å². The minimum atomic E-state index is -0.493. The first-order valence-corrected chi connectivity index (χ1v) is 7.44. The number of ether oxygens (including phenoxy) is 1. The van der Waals surface area contributed by atoms with E-state index >= 15 is 0 Å². The van der Waals surface area contributed by atoms with E-state index in [4.69, 9.17) is 10.5 Å². The van der Waals surface area contributed by atoms with Gasteiger partial charge in [-0.2, -0.15) is 0 Å². The number of likely N-dealkylation sites (N-methyl/N-ethyl adjacent to an activating group) is 1. The Morgan fingerprint density at radius 3 is 2.39 bits per heavy atom. The van der Waals surface area contributed by atoms with E-state index in [1.807, 2.05) is 18.2 Å². The first-order chi connectivity index (χ1) is 10.0. The standard InChI is InChI=1S/C16H27N3O2.2ClH/c1-5-19(6-2)15(11-18-16(20)12(3)17)13-8-7-9-14(10-13)21-4;;/h7-10,12,15H,5-6,11,17H2,1-4H3,(H,18,20);2*1H/t12-,15?;;/m1../s1. The lowest BCUT2D eigenvalue weighted by Crippen LogP contribution is -2.43. The number of amides is 1. The van der Waals surface area contributed by atoms with Gasteiger partial charge in [-0.1, -0.05) is 26.0 Å². The van der Waals surface area contributed by atoms with Crippen molar-refractivity contribution < 1.29 is 9.53 Å². The molecule has 1 unspecified atom stereocenters. The molecule has 0 bridgehead atoms. The molecule has 1 aromatic carbocycles. The Balaban J connectivity index is 0. The number of halogens is 2. The third-order valence-corrected chi connectivity index (χ3v) is 3.61. The maximum absolute atomic E-state index is 11.7. The number of benzene rings is 1. The zero-order valence-corrected chi connectivity index (χ0v) is 15.9. The molecule has 134 valence electrons. The predicted octanol–water partition coefficient (Wildman–Crippen LogP) is 2.39. The number of nitrogens with zero attached hydrogens (tertiary/aromatic N) is 1. The van der Waals surface area contributed by atoms with E-state index in [1.165, 1.54) is 0 Å². The van der Waals surface area contributed by atoms with Crippen LogP contribution in [0.15, 0.2) is 24.3 Å². The summed E-state index contributed by atoms with van der Waals surface area (Å²) < 4.78 is 5.29. The van der Waals surface area contributed by atoms with Gasteiger partial charge in [-0.3, -0.25) is 9.69 Å². The van der Waals surface area contributed by atoms with Crippen LogP contribution in [-0.2, 0) is 4.79 Å². The highest BCUT2D eigenvalue weighted by molar-refractivity contribution is 5.85. The molecule has 0 aliphatic heterocycles. The van der Waals surface area contributed by atoms with Gasteiger partial charge in [0.1, 0.15) is 5.75 Å². The van der Waals surface area contributed by atoms with Gasteiger partial charge in [0, 0.05) is 6.54 Å². The molecule has 7 heteroatoms. The molecule has 0 heterocycles. The normalized spacial score (nSPS) is 12.6. The highest BCUT2D eigenvalue weighted by Crippen LogP contribution is 2.23. The molecule has 2 atom stereocenters. The lowest BCUT2D eigenvalue weighted by Gasteiger charge is -2.30. The fourth-order valence-electron chi connectivity index (χ4n) is 2.33. The molecule has 0 fully saturated rings. The van der Waals surface area contributed by atoms with Gasteiger partial charge in [0.2, 0.25) is 5.91 Å². The fraction of sp³-hybridized carbons (Fsp3) is 0.562. The molecule has 0 aliphatic carbocycles. The van der Waals surface area contributed by atoms with Crippen molar-refractivity contribution in [2.24, 2.45) is 5.73 Å². The Labute approximate surface area is 151 Å². The summed E-state index contributed by atoms with van der Waals surface area (Å²) in [5.41, 5.74) is 6.73. The van der Waals surface area contributed by atoms with Crippen molar-refractivity contribution in [2.75, 3.05) is 26.7 Å². The summed E-state index contributed by atoms with van der Waals surface area (Å²) in [6, 6.07) is 7.58. The number of hydrogen-bond donors (Lipinski definition) is 2. The summed E-state index contributed by atoms with van der Waals surface area (Å²) >= 11 is 0. The molecule has 3 N–H and O–H groups in total. The van der Waals surface area contributed by atoms with Crippen LogP contribution in [0.5, 0.6) is 5.75 Å². The van der Waals surface area contributed by atoms with Gasteiger partial charge >= 0.3 is 0 Å². The van der Waals surface area contributed by atoms with Crippen molar-refractivity contribution in [2.45, 2.75) is 32.9 Å². The summed E-state index contributed by atoms with van der Waals surface area (Å²) in [7, 11) is 1.66. The zero-order chi connectivity index (χ0) is 15.8. The quantitative estimate of drug-likeness (QED) is 0.741. The van der Waals surface area contributed by atoms with Crippen molar-refractivity contribution in [3.8, 4) is 5.75 Å². The van der Waals surface area contributed by atoms with E-state index in [2.05, 4.69) is 30.1 Å². The average Bonchev–Trinajstić information content (AvgIpc) is 2.51. The molecule has 1 amide bonds. The van der Waals surface area contributed by atoms with Crippen LogP contribution in [0.1, 0.15) is 32.4 Å². The maximum atomic E-state index is 11.7. The first-order valence-electron chi connectivity index (χ1n) is 7.44. The van der Waals surface area contributed by atoms with Gasteiger partial charge in [-0.15, -0.1) is 24.8 Å². The Kier molecular flexibility index (Phi) is 13.1. The Hall–Kier alpha value is -1.01. The second-order valence-electron chi connectivity index (χ2n) is 5.05. The van der Waals surface area contributed by atoms with Crippen molar-refractivity contribution in [1.82, 2.24) is 10.2 Å². The molecule has 1 aromatic rings. The predicted molar refractivity (Wildman–Crippen MR) is 99.8 cm³/mol. The van der Waals surface area contributed by atoms with Gasteiger partial charge in [-0.05, 0) is 37.7 Å². The molecule has 0 saturated heterocycles. The highest BCUT2D eigenvalue weighted by Gasteiger charge is 2.20. The van der Waals surface area contributed by atoms with E-state index in [9.17, 15) is 4.79 Å². The lowest BCUT2D eigenvalue weighted by molar-refractivity contribution is -0.122. The van der Waals surface area contributed by atoms with E-state index in [-0.39, 0.29) is 36.8 Å². The smallest absolute Gasteiger partial charge is 0.236 e. The first kappa shape index (κ1) is 24.2. The molecule has 23 heavy (non-hydrogen) atoms. The maximum Gasteiger partial charge on any atom is 0.236 e. The monoisotopic (exact) mass is 365 g/mol.